The summed E-state index contributed by atoms with van der Waals surface area (Å²) < 4.78 is 5.24. The zero-order chi connectivity index (χ0) is 13.2. The number of ether oxygens (including phenoxy) is 1. The molecule has 1 aliphatic heterocycles. The average molecular weight is 257 g/mol. The molecule has 0 aromatic heterocycles. The minimum atomic E-state index is -0.132. The third kappa shape index (κ3) is 6.56. The van der Waals surface area contributed by atoms with Crippen LogP contribution in [0.3, 0.4) is 0 Å². The summed E-state index contributed by atoms with van der Waals surface area (Å²) in [6, 6.07) is 0. The van der Waals surface area contributed by atoms with Crippen molar-refractivity contribution in [1.82, 2.24) is 15.5 Å². The lowest BCUT2D eigenvalue weighted by Crippen LogP contribution is -2.43. The van der Waals surface area contributed by atoms with E-state index in [1.54, 1.807) is 0 Å². The van der Waals surface area contributed by atoms with E-state index in [1.807, 2.05) is 6.92 Å². The maximum atomic E-state index is 11.4. The highest BCUT2D eigenvalue weighted by Gasteiger charge is 2.10. The molecular weight excluding hydrogens is 234 g/mol. The van der Waals surface area contributed by atoms with Crippen molar-refractivity contribution in [2.24, 2.45) is 0 Å². The Morgan fingerprint density at radius 2 is 1.89 bits per heavy atom. The third-order valence-electron chi connectivity index (χ3n) is 2.78. The maximum Gasteiger partial charge on any atom is 0.239 e. The fourth-order valence-corrected chi connectivity index (χ4v) is 1.74. The monoisotopic (exact) mass is 257 g/mol. The van der Waals surface area contributed by atoms with E-state index in [0.29, 0.717) is 13.0 Å². The number of nitrogens with one attached hydrogen (secondary N) is 2. The Labute approximate surface area is 108 Å². The highest BCUT2D eigenvalue weighted by molar-refractivity contribution is 5.84. The first-order valence-electron chi connectivity index (χ1n) is 6.56. The van der Waals surface area contributed by atoms with Gasteiger partial charge in [-0.25, -0.2) is 0 Å². The summed E-state index contributed by atoms with van der Waals surface area (Å²) in [4.78, 5) is 24.8. The summed E-state index contributed by atoms with van der Waals surface area (Å²) in [5.74, 6) is -0.200. The molecule has 2 N–H and O–H groups in total. The minimum absolute atomic E-state index is 0.0687. The van der Waals surface area contributed by atoms with Crippen LogP contribution in [-0.2, 0) is 14.3 Å². The van der Waals surface area contributed by atoms with Gasteiger partial charge in [0.1, 0.15) is 0 Å². The van der Waals surface area contributed by atoms with Gasteiger partial charge in [0, 0.05) is 32.6 Å². The van der Waals surface area contributed by atoms with Crippen LogP contribution in [0.15, 0.2) is 0 Å². The van der Waals surface area contributed by atoms with Crippen molar-refractivity contribution in [3.63, 3.8) is 0 Å². The second kappa shape index (κ2) is 8.88. The van der Waals surface area contributed by atoms with Gasteiger partial charge in [-0.15, -0.1) is 0 Å². The Morgan fingerprint density at radius 1 is 1.17 bits per heavy atom. The van der Waals surface area contributed by atoms with E-state index in [-0.39, 0.29) is 18.4 Å². The molecule has 0 aromatic rings. The second-order valence-corrected chi connectivity index (χ2v) is 4.33. The van der Waals surface area contributed by atoms with Gasteiger partial charge in [0.15, 0.2) is 0 Å². The lowest BCUT2D eigenvalue weighted by atomic mass is 10.3. The summed E-state index contributed by atoms with van der Waals surface area (Å²) in [5.41, 5.74) is 0. The van der Waals surface area contributed by atoms with Gasteiger partial charge in [0.05, 0.1) is 19.8 Å². The van der Waals surface area contributed by atoms with Crippen LogP contribution in [0.25, 0.3) is 0 Å². The van der Waals surface area contributed by atoms with Crippen molar-refractivity contribution in [2.45, 2.75) is 19.8 Å². The van der Waals surface area contributed by atoms with Crippen LogP contribution in [0.1, 0.15) is 19.8 Å². The first kappa shape index (κ1) is 14.9. The highest BCUT2D eigenvalue weighted by Crippen LogP contribution is 1.94. The molecule has 1 heterocycles. The summed E-state index contributed by atoms with van der Waals surface area (Å²) in [7, 11) is 0. The van der Waals surface area contributed by atoms with Gasteiger partial charge in [-0.05, 0) is 6.42 Å². The number of hydrogen-bond donors (Lipinski definition) is 2. The zero-order valence-corrected chi connectivity index (χ0v) is 11.0. The van der Waals surface area contributed by atoms with E-state index in [9.17, 15) is 9.59 Å². The zero-order valence-electron chi connectivity index (χ0n) is 11.0. The quantitative estimate of drug-likeness (QED) is 0.636. The predicted octanol–water partition coefficient (Wildman–Crippen LogP) is -0.649. The molecule has 0 saturated carbocycles. The highest BCUT2D eigenvalue weighted by atomic mass is 16.5. The number of nitrogens with zero attached hydrogens (tertiary/aromatic N) is 1. The Hall–Kier alpha value is -1.14. The molecule has 0 spiro atoms. The van der Waals surface area contributed by atoms with Crippen LogP contribution >= 0.6 is 0 Å². The van der Waals surface area contributed by atoms with E-state index < -0.39 is 0 Å². The summed E-state index contributed by atoms with van der Waals surface area (Å²) in [6.45, 7) is 6.82. The van der Waals surface area contributed by atoms with Crippen LogP contribution in [0.5, 0.6) is 0 Å². The van der Waals surface area contributed by atoms with Crippen molar-refractivity contribution in [1.29, 1.82) is 0 Å². The summed E-state index contributed by atoms with van der Waals surface area (Å²) in [6.07, 6.45) is 1.27. The van der Waals surface area contributed by atoms with Crippen molar-refractivity contribution in [3.8, 4) is 0 Å². The van der Waals surface area contributed by atoms with Crippen molar-refractivity contribution in [3.05, 3.63) is 0 Å². The molecular formula is C12H23N3O3. The molecule has 0 atom stereocenters. The molecule has 104 valence electrons. The van der Waals surface area contributed by atoms with Crippen LogP contribution in [-0.4, -0.2) is 62.7 Å². The topological polar surface area (TPSA) is 70.7 Å². The van der Waals surface area contributed by atoms with Crippen molar-refractivity contribution in [2.75, 3.05) is 45.9 Å². The van der Waals surface area contributed by atoms with E-state index >= 15 is 0 Å². The maximum absolute atomic E-state index is 11.4. The number of carbonyl (C=O) groups excluding carboxylic acids is 2. The van der Waals surface area contributed by atoms with Crippen LogP contribution in [0, 0.1) is 0 Å². The smallest absolute Gasteiger partial charge is 0.239 e. The van der Waals surface area contributed by atoms with Crippen molar-refractivity contribution < 1.29 is 14.3 Å². The Balaban J connectivity index is 2.00. The average Bonchev–Trinajstić information content (AvgIpc) is 2.38. The molecule has 1 aliphatic rings. The van der Waals surface area contributed by atoms with Gasteiger partial charge < -0.3 is 15.4 Å². The first-order valence-corrected chi connectivity index (χ1v) is 6.56. The molecule has 1 rings (SSSR count). The lowest BCUT2D eigenvalue weighted by Gasteiger charge is -2.26. The number of morpholine rings is 1. The molecule has 18 heavy (non-hydrogen) atoms. The number of amides is 2. The van der Waals surface area contributed by atoms with Gasteiger partial charge >= 0.3 is 0 Å². The molecule has 6 nitrogen and oxygen atoms in total. The summed E-state index contributed by atoms with van der Waals surface area (Å²) in [5, 5.41) is 5.38. The van der Waals surface area contributed by atoms with Crippen molar-refractivity contribution >= 4 is 11.8 Å². The lowest BCUT2D eigenvalue weighted by molar-refractivity contribution is -0.126. The normalized spacial score (nSPS) is 16.3. The Morgan fingerprint density at radius 3 is 2.56 bits per heavy atom. The third-order valence-corrected chi connectivity index (χ3v) is 2.78. The molecule has 0 aliphatic carbocycles. The largest absolute Gasteiger partial charge is 0.379 e. The van der Waals surface area contributed by atoms with Crippen LogP contribution in [0.4, 0.5) is 0 Å². The standard InChI is InChI=1S/C12H23N3O3/c1-2-3-11(16)14-10-12(17)13-4-5-15-6-8-18-9-7-15/h2-10H2,1H3,(H,13,17)(H,14,16). The molecule has 1 saturated heterocycles. The number of carbonyl (C=O) groups is 2. The van der Waals surface area contributed by atoms with E-state index in [4.69, 9.17) is 4.74 Å². The number of rotatable bonds is 7. The molecule has 0 unspecified atom stereocenters. The Bertz CT molecular complexity index is 265. The van der Waals surface area contributed by atoms with E-state index in [2.05, 4.69) is 15.5 Å². The van der Waals surface area contributed by atoms with Gasteiger partial charge in [-0.1, -0.05) is 6.92 Å². The molecule has 6 heteroatoms. The molecule has 0 radical (unpaired) electrons. The van der Waals surface area contributed by atoms with E-state index in [1.165, 1.54) is 0 Å². The predicted molar refractivity (Wildman–Crippen MR) is 68.2 cm³/mol. The SMILES string of the molecule is CCCC(=O)NCC(=O)NCCN1CCOCC1. The van der Waals surface area contributed by atoms with E-state index in [0.717, 1.165) is 39.3 Å². The molecule has 2 amide bonds. The van der Waals surface area contributed by atoms with Gasteiger partial charge in [-0.2, -0.15) is 0 Å². The van der Waals surface area contributed by atoms with Crippen LogP contribution < -0.4 is 10.6 Å². The fourth-order valence-electron chi connectivity index (χ4n) is 1.74. The minimum Gasteiger partial charge on any atom is -0.379 e. The number of hydrogen-bond acceptors (Lipinski definition) is 4. The van der Waals surface area contributed by atoms with Crippen LogP contribution in [0.2, 0.25) is 0 Å². The first-order chi connectivity index (χ1) is 8.72. The molecule has 1 fully saturated rings. The van der Waals surface area contributed by atoms with Gasteiger partial charge in [-0.3, -0.25) is 14.5 Å². The Kier molecular flexibility index (Phi) is 7.36. The molecule has 0 aromatic carbocycles. The summed E-state index contributed by atoms with van der Waals surface area (Å²) >= 11 is 0. The van der Waals surface area contributed by atoms with Gasteiger partial charge in [0.25, 0.3) is 0 Å². The molecule has 0 bridgehead atoms. The van der Waals surface area contributed by atoms with Gasteiger partial charge in [0.2, 0.25) is 11.8 Å². The second-order valence-electron chi connectivity index (χ2n) is 4.33. The fraction of sp³-hybridized carbons (Fsp3) is 0.833.